The number of nitrogens with zero attached hydrogens (tertiary/aromatic N) is 3. The molecule has 170 valence electrons. The van der Waals surface area contributed by atoms with Crippen molar-refractivity contribution in [3.8, 4) is 11.4 Å². The third-order valence-corrected chi connectivity index (χ3v) is 5.26. The van der Waals surface area contributed by atoms with Crippen LogP contribution in [0, 0.1) is 0 Å². The summed E-state index contributed by atoms with van der Waals surface area (Å²) in [6.45, 7) is 6.86. The highest BCUT2D eigenvalue weighted by Gasteiger charge is 2.30. The lowest BCUT2D eigenvalue weighted by atomic mass is 10.1. The van der Waals surface area contributed by atoms with Gasteiger partial charge >= 0.3 is 6.18 Å². The highest BCUT2D eigenvalue weighted by molar-refractivity contribution is 5.83. The minimum absolute atomic E-state index is 0.408. The summed E-state index contributed by atoms with van der Waals surface area (Å²) in [6, 6.07) is 10.9. The standard InChI is InChI=1S/C19H16F3N3O.C4H9NO/c20-19(21,22)15-4-1-13(2-5-15)18-23-12-14-3-6-16(11-17(14)24-18)25-7-9-26-10-8-25;1-3-6-4-2-5-1/h1-6,11-12H,7-10H2;5H,1-4H2. The highest BCUT2D eigenvalue weighted by Crippen LogP contribution is 2.31. The van der Waals surface area contributed by atoms with Gasteiger partial charge in [0.05, 0.1) is 37.5 Å². The lowest BCUT2D eigenvalue weighted by Crippen LogP contribution is -2.36. The van der Waals surface area contributed by atoms with Crippen LogP contribution in [-0.2, 0) is 15.7 Å². The molecule has 5 rings (SSSR count). The van der Waals surface area contributed by atoms with Crippen molar-refractivity contribution >= 4 is 16.6 Å². The van der Waals surface area contributed by atoms with Gasteiger partial charge in [-0.15, -0.1) is 0 Å². The van der Waals surface area contributed by atoms with Crippen molar-refractivity contribution < 1.29 is 22.6 Å². The molecule has 2 aromatic carbocycles. The number of anilines is 1. The first-order valence-corrected chi connectivity index (χ1v) is 10.6. The maximum absolute atomic E-state index is 12.7. The van der Waals surface area contributed by atoms with Gasteiger partial charge in [-0.05, 0) is 30.3 Å². The van der Waals surface area contributed by atoms with Gasteiger partial charge in [0.2, 0.25) is 0 Å². The molecule has 0 spiro atoms. The average Bonchev–Trinajstić information content (AvgIpc) is 2.85. The van der Waals surface area contributed by atoms with E-state index < -0.39 is 11.7 Å². The van der Waals surface area contributed by atoms with E-state index >= 15 is 0 Å². The molecule has 0 atom stereocenters. The normalized spacial score (nSPS) is 17.0. The highest BCUT2D eigenvalue weighted by atomic mass is 19.4. The van der Waals surface area contributed by atoms with Crippen molar-refractivity contribution in [1.29, 1.82) is 0 Å². The minimum Gasteiger partial charge on any atom is -0.379 e. The third-order valence-electron chi connectivity index (χ3n) is 5.26. The van der Waals surface area contributed by atoms with Crippen molar-refractivity contribution in [2.75, 3.05) is 57.5 Å². The zero-order valence-corrected chi connectivity index (χ0v) is 17.6. The number of hydrogen-bond donors (Lipinski definition) is 1. The molecule has 0 unspecified atom stereocenters. The van der Waals surface area contributed by atoms with Gasteiger partial charge in [-0.2, -0.15) is 13.2 Å². The molecule has 1 N–H and O–H groups in total. The van der Waals surface area contributed by atoms with Crippen LogP contribution in [0.4, 0.5) is 18.9 Å². The topological polar surface area (TPSA) is 59.5 Å². The van der Waals surface area contributed by atoms with Gasteiger partial charge in [0.1, 0.15) is 0 Å². The van der Waals surface area contributed by atoms with Crippen molar-refractivity contribution in [2.45, 2.75) is 6.18 Å². The summed E-state index contributed by atoms with van der Waals surface area (Å²) in [5.41, 5.74) is 1.69. The Bertz CT molecular complexity index is 1010. The Labute approximate surface area is 184 Å². The second-order valence-corrected chi connectivity index (χ2v) is 7.47. The number of hydrogen-bond acceptors (Lipinski definition) is 6. The van der Waals surface area contributed by atoms with E-state index in [2.05, 4.69) is 20.2 Å². The zero-order chi connectivity index (χ0) is 22.4. The largest absolute Gasteiger partial charge is 0.416 e. The Kier molecular flexibility index (Phi) is 7.19. The first-order chi connectivity index (χ1) is 15.5. The van der Waals surface area contributed by atoms with E-state index in [1.165, 1.54) is 12.1 Å². The number of benzene rings is 2. The molecule has 0 aliphatic carbocycles. The molecule has 2 fully saturated rings. The van der Waals surface area contributed by atoms with Gasteiger partial charge in [0.15, 0.2) is 5.82 Å². The summed E-state index contributed by atoms with van der Waals surface area (Å²) < 4.78 is 48.5. The van der Waals surface area contributed by atoms with Crippen LogP contribution in [0.5, 0.6) is 0 Å². The monoisotopic (exact) mass is 446 g/mol. The van der Waals surface area contributed by atoms with Gasteiger partial charge in [-0.25, -0.2) is 9.97 Å². The zero-order valence-electron chi connectivity index (χ0n) is 17.6. The van der Waals surface area contributed by atoms with Crippen LogP contribution in [0.1, 0.15) is 5.56 Å². The van der Waals surface area contributed by atoms with E-state index in [0.717, 1.165) is 68.1 Å². The van der Waals surface area contributed by atoms with Gasteiger partial charge in [-0.1, -0.05) is 12.1 Å². The lowest BCUT2D eigenvalue weighted by Gasteiger charge is -2.28. The molecule has 2 aliphatic heterocycles. The second kappa shape index (κ2) is 10.2. The smallest absolute Gasteiger partial charge is 0.379 e. The van der Waals surface area contributed by atoms with E-state index in [4.69, 9.17) is 9.47 Å². The Morgan fingerprint density at radius 2 is 1.56 bits per heavy atom. The predicted molar refractivity (Wildman–Crippen MR) is 117 cm³/mol. The number of aromatic nitrogens is 2. The Hall–Kier alpha value is -2.75. The van der Waals surface area contributed by atoms with Crippen LogP contribution >= 0.6 is 0 Å². The fourth-order valence-corrected chi connectivity index (χ4v) is 3.49. The summed E-state index contributed by atoms with van der Waals surface area (Å²) in [5, 5.41) is 4.05. The summed E-state index contributed by atoms with van der Waals surface area (Å²) in [7, 11) is 0. The van der Waals surface area contributed by atoms with Crippen LogP contribution in [0.25, 0.3) is 22.3 Å². The van der Waals surface area contributed by atoms with Crippen LogP contribution in [0.2, 0.25) is 0 Å². The summed E-state index contributed by atoms with van der Waals surface area (Å²) in [5.74, 6) is 0.408. The molecular formula is C23H25F3N4O2. The molecule has 0 amide bonds. The summed E-state index contributed by atoms with van der Waals surface area (Å²) in [4.78, 5) is 11.1. The number of rotatable bonds is 2. The maximum atomic E-state index is 12.7. The number of morpholine rings is 2. The van der Waals surface area contributed by atoms with E-state index in [0.29, 0.717) is 24.6 Å². The van der Waals surface area contributed by atoms with Crippen molar-refractivity contribution in [3.05, 3.63) is 54.2 Å². The van der Waals surface area contributed by atoms with Crippen LogP contribution < -0.4 is 10.2 Å². The van der Waals surface area contributed by atoms with Gasteiger partial charge in [0.25, 0.3) is 0 Å². The quantitative estimate of drug-likeness (QED) is 0.647. The maximum Gasteiger partial charge on any atom is 0.416 e. The number of alkyl halides is 3. The van der Waals surface area contributed by atoms with Gasteiger partial charge < -0.3 is 19.7 Å². The molecule has 32 heavy (non-hydrogen) atoms. The molecule has 1 aromatic heterocycles. The third kappa shape index (κ3) is 5.73. The van der Waals surface area contributed by atoms with Crippen LogP contribution in [0.15, 0.2) is 48.7 Å². The summed E-state index contributed by atoms with van der Waals surface area (Å²) >= 11 is 0. The predicted octanol–water partition coefficient (Wildman–Crippen LogP) is 3.76. The molecule has 0 radical (unpaired) electrons. The molecule has 2 aliphatic rings. The van der Waals surface area contributed by atoms with E-state index in [-0.39, 0.29) is 0 Å². The van der Waals surface area contributed by atoms with Gasteiger partial charge in [0, 0.05) is 49.0 Å². The summed E-state index contributed by atoms with van der Waals surface area (Å²) in [6.07, 6.45) is -2.66. The molecule has 0 bridgehead atoms. The molecular weight excluding hydrogens is 421 g/mol. The van der Waals surface area contributed by atoms with E-state index in [9.17, 15) is 13.2 Å². The first-order valence-electron chi connectivity index (χ1n) is 10.6. The fourth-order valence-electron chi connectivity index (χ4n) is 3.49. The molecule has 2 saturated heterocycles. The number of nitrogens with one attached hydrogen (secondary N) is 1. The van der Waals surface area contributed by atoms with Crippen molar-refractivity contribution in [3.63, 3.8) is 0 Å². The minimum atomic E-state index is -4.35. The van der Waals surface area contributed by atoms with E-state index in [1.807, 2.05) is 18.2 Å². The number of halogens is 3. The number of fused-ring (bicyclic) bond motifs is 1. The lowest BCUT2D eigenvalue weighted by molar-refractivity contribution is -0.137. The van der Waals surface area contributed by atoms with E-state index in [1.54, 1.807) is 6.20 Å². The molecule has 0 saturated carbocycles. The van der Waals surface area contributed by atoms with Crippen LogP contribution in [0.3, 0.4) is 0 Å². The molecule has 3 heterocycles. The van der Waals surface area contributed by atoms with Gasteiger partial charge in [-0.3, -0.25) is 0 Å². The SMILES string of the molecule is C1COCCN1.FC(F)(F)c1ccc(-c2ncc3ccc(N4CCOCC4)cc3n2)cc1. The van der Waals surface area contributed by atoms with Crippen molar-refractivity contribution in [1.82, 2.24) is 15.3 Å². The Morgan fingerprint density at radius 1 is 0.875 bits per heavy atom. The fraction of sp³-hybridized carbons (Fsp3) is 0.391. The Balaban J connectivity index is 0.000000354. The molecule has 6 nitrogen and oxygen atoms in total. The molecule has 9 heteroatoms. The average molecular weight is 446 g/mol. The molecule has 3 aromatic rings. The second-order valence-electron chi connectivity index (χ2n) is 7.47. The Morgan fingerprint density at radius 3 is 2.16 bits per heavy atom. The number of ether oxygens (including phenoxy) is 2. The first kappa shape index (κ1) is 22.4. The van der Waals surface area contributed by atoms with Crippen LogP contribution in [-0.4, -0.2) is 62.6 Å². The van der Waals surface area contributed by atoms with Crippen molar-refractivity contribution in [2.24, 2.45) is 0 Å².